The molecule has 0 atom stereocenters. The van der Waals surface area contributed by atoms with Gasteiger partial charge in [0.15, 0.2) is 0 Å². The lowest BCUT2D eigenvalue weighted by Gasteiger charge is -2.05. The number of aromatic nitrogens is 2. The normalized spacial score (nSPS) is 11.8. The molecule has 0 fully saturated rings. The molecule has 1 aromatic rings. The monoisotopic (exact) mass is 221 g/mol. The first-order chi connectivity index (χ1) is 7.74. The Morgan fingerprint density at radius 3 is 3.00 bits per heavy atom. The largest absolute Gasteiger partial charge is 0.314 e. The highest BCUT2D eigenvalue weighted by atomic mass is 15.3. The first-order valence-corrected chi connectivity index (χ1v) is 6.15. The summed E-state index contributed by atoms with van der Waals surface area (Å²) >= 11 is 0. The Kier molecular flexibility index (Phi) is 5.86. The van der Waals surface area contributed by atoms with Crippen LogP contribution in [0.1, 0.15) is 39.3 Å². The summed E-state index contributed by atoms with van der Waals surface area (Å²) in [5, 5.41) is 7.67. The van der Waals surface area contributed by atoms with E-state index in [-0.39, 0.29) is 0 Å². The van der Waals surface area contributed by atoms with Crippen molar-refractivity contribution < 1.29 is 0 Å². The molecule has 0 unspecified atom stereocenters. The summed E-state index contributed by atoms with van der Waals surface area (Å²) in [5.74, 6) is 0. The van der Waals surface area contributed by atoms with E-state index in [1.165, 1.54) is 5.69 Å². The second-order valence-corrected chi connectivity index (χ2v) is 4.28. The molecule has 0 saturated heterocycles. The summed E-state index contributed by atoms with van der Waals surface area (Å²) in [6.07, 6.45) is 8.41. The van der Waals surface area contributed by atoms with E-state index in [9.17, 15) is 0 Å². The van der Waals surface area contributed by atoms with Gasteiger partial charge in [-0.3, -0.25) is 4.68 Å². The zero-order chi connectivity index (χ0) is 11.8. The molecule has 0 bridgehead atoms. The molecule has 0 radical (unpaired) electrons. The molecule has 3 nitrogen and oxygen atoms in total. The van der Waals surface area contributed by atoms with Crippen molar-refractivity contribution in [2.75, 3.05) is 6.54 Å². The highest BCUT2D eigenvalue weighted by molar-refractivity contribution is 5.44. The fourth-order valence-corrected chi connectivity index (χ4v) is 1.54. The molecule has 3 heteroatoms. The van der Waals surface area contributed by atoms with Crippen molar-refractivity contribution in [2.24, 2.45) is 0 Å². The van der Waals surface area contributed by atoms with E-state index in [1.807, 2.05) is 10.9 Å². The first kappa shape index (κ1) is 13.0. The molecule has 1 N–H and O–H groups in total. The molecular formula is C13H23N3. The van der Waals surface area contributed by atoms with Crippen LogP contribution in [0.3, 0.4) is 0 Å². The molecule has 0 spiro atoms. The van der Waals surface area contributed by atoms with Crippen LogP contribution in [0.5, 0.6) is 0 Å². The third kappa shape index (κ3) is 4.62. The van der Waals surface area contributed by atoms with Crippen LogP contribution in [0, 0.1) is 0 Å². The maximum absolute atomic E-state index is 4.28. The lowest BCUT2D eigenvalue weighted by Crippen LogP contribution is -2.23. The Labute approximate surface area is 98.5 Å². The summed E-state index contributed by atoms with van der Waals surface area (Å²) < 4.78 is 2.05. The van der Waals surface area contributed by atoms with Gasteiger partial charge < -0.3 is 5.32 Å². The fraction of sp³-hybridized carbons (Fsp3) is 0.615. The maximum Gasteiger partial charge on any atom is 0.0606 e. The number of hydrogen-bond donors (Lipinski definition) is 1. The van der Waals surface area contributed by atoms with Crippen LogP contribution in [0.15, 0.2) is 18.3 Å². The van der Waals surface area contributed by atoms with E-state index >= 15 is 0 Å². The van der Waals surface area contributed by atoms with Crippen LogP contribution in [0.25, 0.3) is 6.08 Å². The summed E-state index contributed by atoms with van der Waals surface area (Å²) in [6.45, 7) is 8.54. The summed E-state index contributed by atoms with van der Waals surface area (Å²) in [7, 11) is 0. The predicted molar refractivity (Wildman–Crippen MR) is 69.3 cm³/mol. The molecule has 16 heavy (non-hydrogen) atoms. The van der Waals surface area contributed by atoms with Crippen molar-refractivity contribution >= 4 is 6.08 Å². The third-order valence-corrected chi connectivity index (χ3v) is 2.34. The van der Waals surface area contributed by atoms with Crippen LogP contribution in [0.4, 0.5) is 0 Å². The molecule has 1 aromatic heterocycles. The maximum atomic E-state index is 4.28. The lowest BCUT2D eigenvalue weighted by atomic mass is 10.3. The van der Waals surface area contributed by atoms with Gasteiger partial charge in [0.2, 0.25) is 0 Å². The number of nitrogens with one attached hydrogen (secondary N) is 1. The molecule has 0 aliphatic carbocycles. The van der Waals surface area contributed by atoms with E-state index in [2.05, 4.69) is 49.4 Å². The number of hydrogen-bond acceptors (Lipinski definition) is 2. The van der Waals surface area contributed by atoms with Crippen LogP contribution in [-0.4, -0.2) is 22.4 Å². The van der Waals surface area contributed by atoms with Crippen LogP contribution >= 0.6 is 0 Å². The number of aryl methyl sites for hydroxylation is 1. The van der Waals surface area contributed by atoms with Gasteiger partial charge in [0.25, 0.3) is 0 Å². The Morgan fingerprint density at radius 1 is 1.50 bits per heavy atom. The Morgan fingerprint density at radius 2 is 2.31 bits per heavy atom. The Hall–Kier alpha value is -1.09. The van der Waals surface area contributed by atoms with Gasteiger partial charge >= 0.3 is 0 Å². The van der Waals surface area contributed by atoms with Crippen molar-refractivity contribution in [3.63, 3.8) is 0 Å². The molecule has 1 rings (SSSR count). The van der Waals surface area contributed by atoms with Crippen molar-refractivity contribution in [1.29, 1.82) is 0 Å². The highest BCUT2D eigenvalue weighted by Gasteiger charge is 1.96. The van der Waals surface area contributed by atoms with E-state index in [0.717, 1.165) is 25.9 Å². The Balaban J connectivity index is 2.34. The molecule has 0 aliphatic rings. The average molecular weight is 221 g/mol. The van der Waals surface area contributed by atoms with E-state index in [0.29, 0.717) is 6.04 Å². The van der Waals surface area contributed by atoms with Gasteiger partial charge in [0.1, 0.15) is 0 Å². The zero-order valence-electron chi connectivity index (χ0n) is 10.6. The van der Waals surface area contributed by atoms with Crippen LogP contribution in [-0.2, 0) is 6.54 Å². The van der Waals surface area contributed by atoms with Gasteiger partial charge in [-0.25, -0.2) is 0 Å². The third-order valence-electron chi connectivity index (χ3n) is 2.34. The molecule has 1 heterocycles. The minimum absolute atomic E-state index is 0.569. The Bertz CT molecular complexity index is 313. The van der Waals surface area contributed by atoms with E-state index < -0.39 is 0 Å². The van der Waals surface area contributed by atoms with Crippen molar-refractivity contribution in [2.45, 2.75) is 46.2 Å². The van der Waals surface area contributed by atoms with Crippen LogP contribution < -0.4 is 5.32 Å². The lowest BCUT2D eigenvalue weighted by molar-refractivity contribution is 0.593. The van der Waals surface area contributed by atoms with Gasteiger partial charge in [0.05, 0.1) is 5.69 Å². The van der Waals surface area contributed by atoms with Crippen molar-refractivity contribution in [1.82, 2.24) is 15.1 Å². The second kappa shape index (κ2) is 7.23. The molecule has 0 saturated carbocycles. The second-order valence-electron chi connectivity index (χ2n) is 4.28. The summed E-state index contributed by atoms with van der Waals surface area (Å²) in [5.41, 5.74) is 1.20. The summed E-state index contributed by atoms with van der Waals surface area (Å²) in [4.78, 5) is 0. The van der Waals surface area contributed by atoms with Gasteiger partial charge in [-0.15, -0.1) is 0 Å². The van der Waals surface area contributed by atoms with Crippen molar-refractivity contribution in [3.8, 4) is 0 Å². The van der Waals surface area contributed by atoms with Gasteiger partial charge in [0, 0.05) is 18.8 Å². The van der Waals surface area contributed by atoms with Crippen molar-refractivity contribution in [3.05, 3.63) is 24.0 Å². The quantitative estimate of drug-likeness (QED) is 0.717. The topological polar surface area (TPSA) is 29.9 Å². The molecule has 0 aromatic carbocycles. The van der Waals surface area contributed by atoms with Crippen LogP contribution in [0.2, 0.25) is 0 Å². The first-order valence-electron chi connectivity index (χ1n) is 6.15. The number of rotatable bonds is 7. The van der Waals surface area contributed by atoms with Gasteiger partial charge in [-0.2, -0.15) is 5.10 Å². The molecule has 90 valence electrons. The fourth-order valence-electron chi connectivity index (χ4n) is 1.54. The van der Waals surface area contributed by atoms with E-state index in [4.69, 9.17) is 0 Å². The standard InChI is InChI=1S/C13H23N3/c1-4-11-16-13(8-10-15-16)7-5-6-9-14-12(2)3/h5,7-8,10,12,14H,4,6,9,11H2,1-3H3. The molecular weight excluding hydrogens is 198 g/mol. The molecule has 0 aliphatic heterocycles. The average Bonchev–Trinajstić information content (AvgIpc) is 2.65. The zero-order valence-corrected chi connectivity index (χ0v) is 10.6. The predicted octanol–water partition coefficient (Wildman–Crippen LogP) is 2.69. The SMILES string of the molecule is CCCn1nccc1C=CCCNC(C)C. The highest BCUT2D eigenvalue weighted by Crippen LogP contribution is 2.03. The van der Waals surface area contributed by atoms with Gasteiger partial charge in [-0.1, -0.05) is 26.8 Å². The smallest absolute Gasteiger partial charge is 0.0606 e. The van der Waals surface area contributed by atoms with E-state index in [1.54, 1.807) is 0 Å². The minimum atomic E-state index is 0.569. The molecule has 0 amide bonds. The van der Waals surface area contributed by atoms with Gasteiger partial charge in [-0.05, 0) is 31.5 Å². The minimum Gasteiger partial charge on any atom is -0.314 e. The summed E-state index contributed by atoms with van der Waals surface area (Å²) in [6, 6.07) is 2.63. The number of nitrogens with zero attached hydrogens (tertiary/aromatic N) is 2.